The zero-order valence-electron chi connectivity index (χ0n) is 43.8. The Morgan fingerprint density at radius 1 is 0.402 bits per heavy atom. The van der Waals surface area contributed by atoms with Crippen molar-refractivity contribution in [1.82, 2.24) is 15.1 Å². The van der Waals surface area contributed by atoms with Crippen molar-refractivity contribution in [1.29, 1.82) is 0 Å². The van der Waals surface area contributed by atoms with Crippen LogP contribution in [-0.4, -0.2) is 103 Å². The summed E-state index contributed by atoms with van der Waals surface area (Å²) in [5.41, 5.74) is 21.1. The Labute approximate surface area is 468 Å². The van der Waals surface area contributed by atoms with Crippen LogP contribution < -0.4 is 22.5 Å². The molecule has 0 bridgehead atoms. The number of amides is 6. The van der Waals surface area contributed by atoms with E-state index in [1.165, 1.54) is 0 Å². The van der Waals surface area contributed by atoms with Gasteiger partial charge in [-0.1, -0.05) is 176 Å². The summed E-state index contributed by atoms with van der Waals surface area (Å²) in [7, 11) is 0. The van der Waals surface area contributed by atoms with E-state index in [4.69, 9.17) is 22.3 Å². The first-order chi connectivity index (χ1) is 39.5. The highest BCUT2D eigenvalue weighted by Gasteiger charge is 2.42. The fourth-order valence-corrected chi connectivity index (χ4v) is 8.18. The first-order valence-corrected chi connectivity index (χ1v) is 25.1. The number of aliphatic hydroxyl groups is 2. The van der Waals surface area contributed by atoms with E-state index in [1.807, 2.05) is 54.6 Å². The van der Waals surface area contributed by atoms with Gasteiger partial charge in [0, 0.05) is 0 Å². The number of alkyl halides is 6. The summed E-state index contributed by atoms with van der Waals surface area (Å²) >= 11 is 0. The third-order valence-electron chi connectivity index (χ3n) is 12.2. The summed E-state index contributed by atoms with van der Waals surface area (Å²) in [4.78, 5) is 62.6. The molecule has 9 N–H and O–H groups in total. The molecule has 22 heteroatoms. The summed E-state index contributed by atoms with van der Waals surface area (Å²) < 4.78 is 84.6. The molecule has 0 aromatic heterocycles. The Morgan fingerprint density at radius 3 is 1.04 bits per heavy atom. The van der Waals surface area contributed by atoms with E-state index >= 15 is 0 Å². The van der Waals surface area contributed by atoms with Crippen molar-refractivity contribution in [3.05, 3.63) is 250 Å². The van der Waals surface area contributed by atoms with Gasteiger partial charge in [-0.25, -0.2) is 4.79 Å². The molecular weight excluding hydrogens is 1080 g/mol. The Hall–Kier alpha value is -8.61. The molecule has 2 aliphatic rings. The van der Waals surface area contributed by atoms with Crippen molar-refractivity contribution < 1.29 is 74.7 Å². The lowest BCUT2D eigenvalue weighted by atomic mass is 10.1. The highest BCUT2D eigenvalue weighted by atomic mass is 19.3. The number of urea groups is 1. The number of rotatable bonds is 19. The number of nitrogens with two attached hydrogens (primary N) is 3. The van der Waals surface area contributed by atoms with Crippen LogP contribution in [0, 0.1) is 0 Å². The summed E-state index contributed by atoms with van der Waals surface area (Å²) in [5, 5.41) is 20.6. The van der Waals surface area contributed by atoms with Gasteiger partial charge in [-0.15, -0.1) is 0 Å². The smallest absolute Gasteiger partial charge is 0.345 e. The van der Waals surface area contributed by atoms with Gasteiger partial charge >= 0.3 is 25.9 Å². The molecule has 9 rings (SSSR count). The number of ether oxygens (including phenoxy) is 3. The zero-order chi connectivity index (χ0) is 59.6. The highest BCUT2D eigenvalue weighted by Crippen LogP contribution is 2.33. The fraction of sp³-hybridized carbons (Fsp3) is 0.217. The summed E-state index contributed by atoms with van der Waals surface area (Å²) in [6, 6.07) is 54.1. The van der Waals surface area contributed by atoms with Gasteiger partial charge in [-0.2, -0.15) is 26.3 Å². The molecule has 16 nitrogen and oxygen atoms in total. The predicted molar refractivity (Wildman–Crippen MR) is 291 cm³/mol. The van der Waals surface area contributed by atoms with Gasteiger partial charge in [-0.3, -0.25) is 29.0 Å². The molecule has 432 valence electrons. The first-order valence-electron chi connectivity index (χ1n) is 25.1. The van der Waals surface area contributed by atoms with Crippen molar-refractivity contribution >= 4 is 29.7 Å². The number of carbonyl (C=O) groups excluding carboxylic acids is 5. The fourth-order valence-electron chi connectivity index (χ4n) is 8.18. The van der Waals surface area contributed by atoms with Gasteiger partial charge in [0.1, 0.15) is 0 Å². The third kappa shape index (κ3) is 19.0. The van der Waals surface area contributed by atoms with Gasteiger partial charge < -0.3 is 46.9 Å². The molecule has 82 heavy (non-hydrogen) atoms. The number of hydrogen-bond donors (Lipinski definition) is 6. The van der Waals surface area contributed by atoms with Gasteiger partial charge in [0.05, 0.1) is 85.5 Å². The molecule has 0 fully saturated rings. The Bertz CT molecular complexity index is 3000. The van der Waals surface area contributed by atoms with Crippen molar-refractivity contribution in [2.45, 2.75) is 50.0 Å². The number of nitrogens with zero attached hydrogens (tertiary/aromatic N) is 2. The Balaban J connectivity index is 0.000000193. The van der Waals surface area contributed by atoms with E-state index in [0.29, 0.717) is 22.3 Å². The van der Waals surface area contributed by atoms with E-state index in [-0.39, 0.29) is 55.4 Å². The number of primary amides is 1. The maximum Gasteiger partial charge on any atom is 0.345 e. The lowest BCUT2D eigenvalue weighted by molar-refractivity contribution is -0.138. The van der Waals surface area contributed by atoms with E-state index in [0.717, 1.165) is 26.5 Å². The van der Waals surface area contributed by atoms with E-state index in [1.54, 1.807) is 146 Å². The highest BCUT2D eigenvalue weighted by molar-refractivity contribution is 6.22. The van der Waals surface area contributed by atoms with Crippen LogP contribution in [0.1, 0.15) is 99.5 Å². The van der Waals surface area contributed by atoms with Crippen molar-refractivity contribution in [3.63, 3.8) is 0 Å². The van der Waals surface area contributed by atoms with E-state index in [2.05, 4.69) is 19.5 Å². The number of imide groups is 2. The van der Waals surface area contributed by atoms with Crippen molar-refractivity contribution in [2.24, 2.45) is 17.2 Å². The van der Waals surface area contributed by atoms with E-state index < -0.39 is 68.5 Å². The maximum atomic E-state index is 12.5. The van der Waals surface area contributed by atoms with Gasteiger partial charge in [0.15, 0.2) is 0 Å². The largest absolute Gasteiger partial charge is 0.394 e. The second-order valence-corrected chi connectivity index (χ2v) is 17.6. The van der Waals surface area contributed by atoms with Crippen LogP contribution in [0.3, 0.4) is 0 Å². The lowest BCUT2D eigenvalue weighted by Gasteiger charge is -2.26. The van der Waals surface area contributed by atoms with Gasteiger partial charge in [-0.05, 0) is 52.1 Å². The summed E-state index contributed by atoms with van der Waals surface area (Å²) in [6.45, 7) is -9.86. The summed E-state index contributed by atoms with van der Waals surface area (Å²) in [5.74, 6) is -1.71. The minimum Gasteiger partial charge on any atom is -0.394 e. The average molecular weight is 1140 g/mol. The van der Waals surface area contributed by atoms with Crippen LogP contribution in [0.2, 0.25) is 0 Å². The average Bonchev–Trinajstić information content (AvgIpc) is 3.93. The number of halogens is 6. The molecule has 0 spiro atoms. The van der Waals surface area contributed by atoms with Crippen LogP contribution in [0.25, 0.3) is 0 Å². The standard InChI is InChI=1S/C17H13F2NO3.C16H13NO3.C10H12F2N2O2.C9H11F2NO.C8H11NO/c18-17(19)23-10-14(11-6-2-1-3-7-11)20-15(21)12-8-4-5-9-13(12)16(20)22;18-10-14(11-6-2-1-3-7-11)17-15(19)12-8-4-5-9-13(12)16(17)20;11-9(12)16-6-8(14-10(13)15)7-4-2-1-3-5-7;10-9(11)13-6-8(12)7-4-2-1-3-5-7;9-8(6-10)7-4-2-1-3-5-7/h1-9,14,17H,10H2;1-9,14,18H,10H2;1-5,8-9H,6H2,(H3,13,14,15);1-5,8-9H,6,12H2;1-5,8,10H,6,9H2/t2*14-;3*8-/m11111/s1. The molecule has 0 unspecified atom stereocenters. The van der Waals surface area contributed by atoms with Crippen LogP contribution in [0.15, 0.2) is 200 Å². The molecule has 2 aliphatic heterocycles. The molecule has 0 saturated carbocycles. The maximum absolute atomic E-state index is 12.5. The topological polar surface area (TPSA) is 250 Å². The van der Waals surface area contributed by atoms with Gasteiger partial charge in [0.25, 0.3) is 23.6 Å². The molecule has 5 atom stereocenters. The normalized spacial score (nSPS) is 14.1. The quantitative estimate of drug-likeness (QED) is 0.0327. The molecule has 0 aliphatic carbocycles. The number of benzene rings is 7. The van der Waals surface area contributed by atoms with Crippen LogP contribution in [0.5, 0.6) is 0 Å². The second kappa shape index (κ2) is 33.2. The molecule has 7 aromatic rings. The van der Waals surface area contributed by atoms with Crippen LogP contribution >= 0.6 is 0 Å². The van der Waals surface area contributed by atoms with Crippen molar-refractivity contribution in [2.75, 3.05) is 33.0 Å². The van der Waals surface area contributed by atoms with Crippen LogP contribution in [-0.2, 0) is 14.2 Å². The first kappa shape index (κ1) is 64.2. The molecule has 0 radical (unpaired) electrons. The number of fused-ring (bicyclic) bond motifs is 2. The Morgan fingerprint density at radius 2 is 0.695 bits per heavy atom. The minimum absolute atomic E-state index is 0.00398. The lowest BCUT2D eigenvalue weighted by Crippen LogP contribution is -2.37. The molecule has 7 aromatic carbocycles. The van der Waals surface area contributed by atoms with Crippen LogP contribution in [0.4, 0.5) is 31.1 Å². The third-order valence-corrected chi connectivity index (χ3v) is 12.2. The zero-order valence-corrected chi connectivity index (χ0v) is 43.8. The van der Waals surface area contributed by atoms with Crippen molar-refractivity contribution in [3.8, 4) is 0 Å². The molecule has 2 heterocycles. The van der Waals surface area contributed by atoms with E-state index in [9.17, 15) is 55.4 Å². The number of hydrogen-bond acceptors (Lipinski definition) is 12. The predicted octanol–water partition coefficient (Wildman–Crippen LogP) is 9.52. The monoisotopic (exact) mass is 1140 g/mol. The number of carbonyl (C=O) groups is 5. The minimum atomic E-state index is -2.98. The molecule has 6 amide bonds. The Kier molecular flexibility index (Phi) is 26.0. The number of nitrogens with one attached hydrogen (secondary N) is 1. The summed E-state index contributed by atoms with van der Waals surface area (Å²) in [6.07, 6.45) is 0. The molecular formula is C60H60F6N6O10. The van der Waals surface area contributed by atoms with Gasteiger partial charge in [0.2, 0.25) is 0 Å². The second-order valence-electron chi connectivity index (χ2n) is 17.6. The molecule has 0 saturated heterocycles. The number of aliphatic hydroxyl groups excluding tert-OH is 2. The SMILES string of the molecule is NC(=O)N[C@H](COC(F)F)c1ccccc1.N[C@H](CO)c1ccccc1.N[C@H](COC(F)F)c1ccccc1.O=C1c2ccccc2C(=O)N1[C@H](CO)c1ccccc1.O=C1c2ccccc2C(=O)N1[C@H](COC(F)F)c1ccccc1.